The van der Waals surface area contributed by atoms with Gasteiger partial charge in [-0.25, -0.2) is 0 Å². The number of nitrogens with one attached hydrogen (secondary N) is 1. The Labute approximate surface area is 148 Å². The van der Waals surface area contributed by atoms with Crippen molar-refractivity contribution in [3.63, 3.8) is 0 Å². The van der Waals surface area contributed by atoms with Gasteiger partial charge < -0.3 is 10.4 Å². The summed E-state index contributed by atoms with van der Waals surface area (Å²) in [6, 6.07) is 3.95. The molecule has 1 amide bonds. The van der Waals surface area contributed by atoms with Gasteiger partial charge in [-0.1, -0.05) is 6.92 Å². The molecule has 1 aromatic carbocycles. The van der Waals surface area contributed by atoms with Gasteiger partial charge in [0.2, 0.25) is 0 Å². The smallest absolute Gasteiger partial charge is 0.252 e. The summed E-state index contributed by atoms with van der Waals surface area (Å²) in [6.07, 6.45) is 0.710. The van der Waals surface area contributed by atoms with Crippen LogP contribution in [0.3, 0.4) is 0 Å². The van der Waals surface area contributed by atoms with Crippen molar-refractivity contribution < 1.29 is 9.90 Å². The van der Waals surface area contributed by atoms with Crippen LogP contribution in [0.25, 0.3) is 0 Å². The summed E-state index contributed by atoms with van der Waals surface area (Å²) in [5.74, 6) is 0.249. The van der Waals surface area contributed by atoms with Crippen LogP contribution in [0.1, 0.15) is 23.7 Å². The zero-order chi connectivity index (χ0) is 13.7. The van der Waals surface area contributed by atoms with E-state index in [0.29, 0.717) is 18.9 Å². The highest BCUT2D eigenvalue weighted by Crippen LogP contribution is 2.22. The molecule has 6 heteroatoms. The molecule has 1 rings (SSSR count). The molecule has 0 saturated heterocycles. The summed E-state index contributed by atoms with van der Waals surface area (Å²) in [6.45, 7) is 2.77. The van der Waals surface area contributed by atoms with Gasteiger partial charge in [0.05, 0.1) is 5.56 Å². The van der Waals surface area contributed by atoms with Crippen LogP contribution in [0.5, 0.6) is 0 Å². The van der Waals surface area contributed by atoms with Crippen LogP contribution in [0.4, 0.5) is 0 Å². The van der Waals surface area contributed by atoms with Gasteiger partial charge in [-0.3, -0.25) is 4.79 Å². The molecule has 0 radical (unpaired) electrons. The lowest BCUT2D eigenvalue weighted by atomic mass is 10.1. The summed E-state index contributed by atoms with van der Waals surface area (Å²) >= 11 is 6.65. The standard InChI is InChI=1S/C12H14I3NO2/c1-7(2-3-17)6-16-12(18)9-4-8(13)5-10(14)11(9)15/h4-5,7,17H,2-3,6H2,1H3,(H,16,18). The molecule has 2 N–H and O–H groups in total. The Morgan fingerprint density at radius 1 is 1.39 bits per heavy atom. The van der Waals surface area contributed by atoms with Gasteiger partial charge in [0.1, 0.15) is 0 Å². The number of aliphatic hydroxyl groups excluding tert-OH is 1. The van der Waals surface area contributed by atoms with Gasteiger partial charge in [0.15, 0.2) is 0 Å². The first-order valence-corrected chi connectivity index (χ1v) is 8.73. The molecule has 0 fully saturated rings. The van der Waals surface area contributed by atoms with E-state index in [4.69, 9.17) is 5.11 Å². The third kappa shape index (κ3) is 5.08. The summed E-state index contributed by atoms with van der Waals surface area (Å²) in [4.78, 5) is 12.1. The SMILES string of the molecule is CC(CCO)CNC(=O)c1cc(I)cc(I)c1I. The Kier molecular flexibility index (Phi) is 7.70. The highest BCUT2D eigenvalue weighted by molar-refractivity contribution is 14.1. The molecule has 0 aromatic heterocycles. The number of hydrogen-bond acceptors (Lipinski definition) is 2. The second-order valence-corrected chi connectivity index (χ2v) is 7.56. The van der Waals surface area contributed by atoms with Crippen LogP contribution < -0.4 is 5.32 Å². The molecule has 0 saturated carbocycles. The molecule has 0 aliphatic carbocycles. The molecular formula is C12H14I3NO2. The molecule has 1 aromatic rings. The van der Waals surface area contributed by atoms with E-state index in [9.17, 15) is 4.79 Å². The van der Waals surface area contributed by atoms with Gasteiger partial charge in [-0.05, 0) is 92.2 Å². The minimum atomic E-state index is -0.0411. The van der Waals surface area contributed by atoms with Crippen LogP contribution in [-0.4, -0.2) is 24.2 Å². The van der Waals surface area contributed by atoms with E-state index in [-0.39, 0.29) is 12.5 Å². The number of carbonyl (C=O) groups is 1. The first kappa shape index (κ1) is 16.9. The van der Waals surface area contributed by atoms with Crippen molar-refractivity contribution in [1.82, 2.24) is 5.32 Å². The summed E-state index contributed by atoms with van der Waals surface area (Å²) < 4.78 is 3.14. The Balaban J connectivity index is 2.73. The van der Waals surface area contributed by atoms with E-state index in [1.807, 2.05) is 19.1 Å². The molecule has 0 aliphatic rings. The van der Waals surface area contributed by atoms with Gasteiger partial charge in [0.25, 0.3) is 5.91 Å². The minimum Gasteiger partial charge on any atom is -0.396 e. The van der Waals surface area contributed by atoms with Gasteiger partial charge in [-0.2, -0.15) is 0 Å². The molecule has 1 atom stereocenters. The predicted molar refractivity (Wildman–Crippen MR) is 97.8 cm³/mol. The fourth-order valence-corrected chi connectivity index (χ4v) is 3.81. The molecule has 0 bridgehead atoms. The average Bonchev–Trinajstić information content (AvgIpc) is 2.31. The normalized spacial score (nSPS) is 12.3. The van der Waals surface area contributed by atoms with Gasteiger partial charge in [0, 0.05) is 23.9 Å². The molecule has 100 valence electrons. The number of halogens is 3. The molecule has 0 spiro atoms. The predicted octanol–water partition coefficient (Wildman–Crippen LogP) is 3.25. The van der Waals surface area contributed by atoms with E-state index in [1.165, 1.54) is 0 Å². The third-order valence-corrected chi connectivity index (χ3v) is 6.14. The lowest BCUT2D eigenvalue weighted by molar-refractivity contribution is 0.0944. The van der Waals surface area contributed by atoms with Gasteiger partial charge in [-0.15, -0.1) is 0 Å². The van der Waals surface area contributed by atoms with Crippen molar-refractivity contribution in [1.29, 1.82) is 0 Å². The van der Waals surface area contributed by atoms with E-state index in [1.54, 1.807) is 0 Å². The van der Waals surface area contributed by atoms with Crippen LogP contribution >= 0.6 is 67.8 Å². The molecule has 3 nitrogen and oxygen atoms in total. The first-order chi connectivity index (χ1) is 8.45. The quantitative estimate of drug-likeness (QED) is 0.413. The maximum absolute atomic E-state index is 12.1. The maximum Gasteiger partial charge on any atom is 0.252 e. The fraction of sp³-hybridized carbons (Fsp3) is 0.417. The Morgan fingerprint density at radius 3 is 2.67 bits per heavy atom. The molecule has 18 heavy (non-hydrogen) atoms. The zero-order valence-electron chi connectivity index (χ0n) is 9.84. The number of aliphatic hydroxyl groups is 1. The molecule has 0 heterocycles. The zero-order valence-corrected chi connectivity index (χ0v) is 16.3. The number of rotatable bonds is 5. The summed E-state index contributed by atoms with van der Waals surface area (Å²) in [5.41, 5.74) is 0.725. The van der Waals surface area contributed by atoms with Crippen LogP contribution in [0.2, 0.25) is 0 Å². The summed E-state index contributed by atoms with van der Waals surface area (Å²) in [7, 11) is 0. The van der Waals surface area contributed by atoms with Crippen molar-refractivity contribution in [3.05, 3.63) is 28.4 Å². The first-order valence-electron chi connectivity index (χ1n) is 5.49. The fourth-order valence-electron chi connectivity index (χ4n) is 1.41. The number of amides is 1. The van der Waals surface area contributed by atoms with Crippen molar-refractivity contribution in [2.75, 3.05) is 13.2 Å². The maximum atomic E-state index is 12.1. The second kappa shape index (κ2) is 8.20. The number of carbonyl (C=O) groups excluding carboxylic acids is 1. The topological polar surface area (TPSA) is 49.3 Å². The number of benzene rings is 1. The lowest BCUT2D eigenvalue weighted by Gasteiger charge is -2.12. The largest absolute Gasteiger partial charge is 0.396 e. The second-order valence-electron chi connectivity index (χ2n) is 4.08. The van der Waals surface area contributed by atoms with E-state index >= 15 is 0 Å². The van der Waals surface area contributed by atoms with Crippen molar-refractivity contribution in [2.24, 2.45) is 5.92 Å². The third-order valence-electron chi connectivity index (χ3n) is 2.47. The monoisotopic (exact) mass is 585 g/mol. The van der Waals surface area contributed by atoms with E-state index in [0.717, 1.165) is 16.3 Å². The minimum absolute atomic E-state index is 0.0411. The molecule has 1 unspecified atom stereocenters. The Bertz CT molecular complexity index is 438. The van der Waals surface area contributed by atoms with E-state index < -0.39 is 0 Å². The van der Waals surface area contributed by atoms with Crippen LogP contribution in [0, 0.1) is 16.6 Å². The lowest BCUT2D eigenvalue weighted by Crippen LogP contribution is -2.29. The highest BCUT2D eigenvalue weighted by Gasteiger charge is 2.14. The van der Waals surface area contributed by atoms with Crippen LogP contribution in [0.15, 0.2) is 12.1 Å². The summed E-state index contributed by atoms with van der Waals surface area (Å²) in [5, 5.41) is 11.7. The molecular weight excluding hydrogens is 571 g/mol. The average molecular weight is 585 g/mol. The van der Waals surface area contributed by atoms with E-state index in [2.05, 4.69) is 73.1 Å². The highest BCUT2D eigenvalue weighted by atomic mass is 127. The van der Waals surface area contributed by atoms with Crippen molar-refractivity contribution in [2.45, 2.75) is 13.3 Å². The van der Waals surface area contributed by atoms with Gasteiger partial charge >= 0.3 is 0 Å². The molecule has 0 aliphatic heterocycles. The Morgan fingerprint density at radius 2 is 2.06 bits per heavy atom. The Hall–Kier alpha value is 0.840. The number of hydrogen-bond donors (Lipinski definition) is 2. The van der Waals surface area contributed by atoms with Crippen molar-refractivity contribution >= 4 is 73.7 Å². The van der Waals surface area contributed by atoms with Crippen LogP contribution in [-0.2, 0) is 0 Å². The van der Waals surface area contributed by atoms with Crippen molar-refractivity contribution in [3.8, 4) is 0 Å².